The number of benzene rings is 1. The van der Waals surface area contributed by atoms with Crippen molar-refractivity contribution in [3.63, 3.8) is 0 Å². The maximum atomic E-state index is 13.9. The van der Waals surface area contributed by atoms with Crippen LogP contribution in [0.5, 0.6) is 0 Å². The lowest BCUT2D eigenvalue weighted by Gasteiger charge is -2.34. The van der Waals surface area contributed by atoms with E-state index in [1.54, 1.807) is 6.07 Å². The highest BCUT2D eigenvalue weighted by Gasteiger charge is 2.34. The summed E-state index contributed by atoms with van der Waals surface area (Å²) in [5.74, 6) is 0.682. The Kier molecular flexibility index (Phi) is 4.21. The third-order valence-corrected chi connectivity index (χ3v) is 5.35. The van der Waals surface area contributed by atoms with Gasteiger partial charge in [0, 0.05) is 24.3 Å². The topological polar surface area (TPSA) is 29.3 Å². The quantitative estimate of drug-likeness (QED) is 0.898. The van der Waals surface area contributed by atoms with Gasteiger partial charge in [0.15, 0.2) is 0 Å². The van der Waals surface area contributed by atoms with Gasteiger partial charge in [-0.05, 0) is 68.7 Å². The lowest BCUT2D eigenvalue weighted by molar-refractivity contribution is 0.430. The van der Waals surface area contributed by atoms with Gasteiger partial charge in [0.05, 0.1) is 0 Å². The normalized spacial score (nSPS) is 24.8. The molecule has 0 amide bonds. The molecule has 1 saturated carbocycles. The van der Waals surface area contributed by atoms with Gasteiger partial charge in [-0.15, -0.1) is 0 Å². The fourth-order valence-corrected chi connectivity index (χ4v) is 4.22. The molecular formula is C18H27FN2. The van der Waals surface area contributed by atoms with Crippen LogP contribution >= 0.6 is 0 Å². The molecule has 2 nitrogen and oxygen atoms in total. The van der Waals surface area contributed by atoms with E-state index in [1.165, 1.54) is 44.2 Å². The fraction of sp³-hybridized carbons (Fsp3) is 0.667. The van der Waals surface area contributed by atoms with Crippen LogP contribution in [-0.4, -0.2) is 12.6 Å². The molecule has 1 heterocycles. The van der Waals surface area contributed by atoms with Gasteiger partial charge in [-0.1, -0.05) is 12.8 Å². The van der Waals surface area contributed by atoms with Gasteiger partial charge in [0.2, 0.25) is 0 Å². The van der Waals surface area contributed by atoms with Crippen molar-refractivity contribution in [3.05, 3.63) is 29.1 Å². The first-order chi connectivity index (χ1) is 10.1. The maximum Gasteiger partial charge on any atom is 0.126 e. The highest BCUT2D eigenvalue weighted by atomic mass is 19.1. The van der Waals surface area contributed by atoms with Crippen molar-refractivity contribution in [3.8, 4) is 0 Å². The molecule has 0 radical (unpaired) electrons. The van der Waals surface area contributed by atoms with Crippen molar-refractivity contribution in [1.82, 2.24) is 0 Å². The zero-order valence-electron chi connectivity index (χ0n) is 13.2. The Hall–Kier alpha value is -1.09. The number of hydrogen-bond donors (Lipinski definition) is 1. The Morgan fingerprint density at radius 2 is 1.90 bits per heavy atom. The van der Waals surface area contributed by atoms with Crippen molar-refractivity contribution in [2.24, 2.45) is 11.7 Å². The number of rotatable bonds is 3. The molecule has 1 aliphatic heterocycles. The molecule has 1 aromatic carbocycles. The minimum absolute atomic E-state index is 0.125. The van der Waals surface area contributed by atoms with Gasteiger partial charge in [-0.3, -0.25) is 0 Å². The second-order valence-electron chi connectivity index (χ2n) is 6.90. The van der Waals surface area contributed by atoms with Gasteiger partial charge in [0.1, 0.15) is 5.82 Å². The van der Waals surface area contributed by atoms with Crippen LogP contribution in [0.15, 0.2) is 12.1 Å². The molecule has 1 unspecified atom stereocenters. The SMILES string of the molecule is Cc1cc(N2CCCC2C2CCCC2)c([C@H](C)N)cc1F. The second kappa shape index (κ2) is 5.96. The van der Waals surface area contributed by atoms with E-state index in [2.05, 4.69) is 4.90 Å². The van der Waals surface area contributed by atoms with Gasteiger partial charge in [-0.25, -0.2) is 4.39 Å². The van der Waals surface area contributed by atoms with E-state index in [1.807, 2.05) is 19.9 Å². The van der Waals surface area contributed by atoms with E-state index < -0.39 is 0 Å². The number of nitrogens with two attached hydrogens (primary N) is 1. The standard InChI is InChI=1S/C18H27FN2/c1-12-10-18(15(13(2)20)11-16(12)19)21-9-5-8-17(21)14-6-3-4-7-14/h10-11,13-14,17H,3-9,20H2,1-2H3/t13-,17?/m0/s1. The highest BCUT2D eigenvalue weighted by Crippen LogP contribution is 2.40. The zero-order valence-corrected chi connectivity index (χ0v) is 13.2. The summed E-state index contributed by atoms with van der Waals surface area (Å²) in [5.41, 5.74) is 8.97. The number of nitrogens with zero attached hydrogens (tertiary/aromatic N) is 1. The number of aryl methyl sites for hydroxylation is 1. The zero-order chi connectivity index (χ0) is 15.0. The van der Waals surface area contributed by atoms with E-state index in [4.69, 9.17) is 5.73 Å². The molecule has 2 fully saturated rings. The van der Waals surface area contributed by atoms with Crippen molar-refractivity contribution >= 4 is 5.69 Å². The minimum atomic E-state index is -0.136. The molecule has 2 atom stereocenters. The average Bonchev–Trinajstić information content (AvgIpc) is 3.09. The first-order valence-electron chi connectivity index (χ1n) is 8.40. The molecule has 0 aromatic heterocycles. The first kappa shape index (κ1) is 14.8. The summed E-state index contributed by atoms with van der Waals surface area (Å²) in [5, 5.41) is 0. The van der Waals surface area contributed by atoms with Crippen LogP contribution in [0.2, 0.25) is 0 Å². The lowest BCUT2D eigenvalue weighted by atomic mass is 9.94. The molecule has 1 aromatic rings. The first-order valence-corrected chi connectivity index (χ1v) is 8.40. The predicted molar refractivity (Wildman–Crippen MR) is 86.1 cm³/mol. The Morgan fingerprint density at radius 3 is 2.57 bits per heavy atom. The summed E-state index contributed by atoms with van der Waals surface area (Å²) in [6.07, 6.45) is 7.98. The van der Waals surface area contributed by atoms with E-state index in [0.29, 0.717) is 6.04 Å². The summed E-state index contributed by atoms with van der Waals surface area (Å²) < 4.78 is 13.9. The largest absolute Gasteiger partial charge is 0.368 e. The van der Waals surface area contributed by atoms with Crippen molar-refractivity contribution in [2.75, 3.05) is 11.4 Å². The molecule has 21 heavy (non-hydrogen) atoms. The van der Waals surface area contributed by atoms with Crippen molar-refractivity contribution < 1.29 is 4.39 Å². The Morgan fingerprint density at radius 1 is 1.19 bits per heavy atom. The molecular weight excluding hydrogens is 263 g/mol. The summed E-state index contributed by atoms with van der Waals surface area (Å²) in [6, 6.07) is 4.18. The predicted octanol–water partition coefficient (Wildman–Crippen LogP) is 4.31. The number of hydrogen-bond acceptors (Lipinski definition) is 2. The van der Waals surface area contributed by atoms with Crippen LogP contribution in [0.4, 0.5) is 10.1 Å². The van der Waals surface area contributed by atoms with Gasteiger partial charge in [-0.2, -0.15) is 0 Å². The van der Waals surface area contributed by atoms with Crippen LogP contribution in [0.25, 0.3) is 0 Å². The maximum absolute atomic E-state index is 13.9. The third-order valence-electron chi connectivity index (χ3n) is 5.35. The summed E-state index contributed by atoms with van der Waals surface area (Å²) in [7, 11) is 0. The molecule has 2 aliphatic rings. The summed E-state index contributed by atoms with van der Waals surface area (Å²) >= 11 is 0. The molecule has 3 heteroatoms. The Balaban J connectivity index is 1.96. The molecule has 1 saturated heterocycles. The summed E-state index contributed by atoms with van der Waals surface area (Å²) in [6.45, 7) is 4.89. The van der Waals surface area contributed by atoms with Crippen molar-refractivity contribution in [2.45, 2.75) is 64.5 Å². The van der Waals surface area contributed by atoms with E-state index in [-0.39, 0.29) is 11.9 Å². The van der Waals surface area contributed by atoms with Crippen LogP contribution in [0, 0.1) is 18.7 Å². The van der Waals surface area contributed by atoms with Crippen LogP contribution < -0.4 is 10.6 Å². The average molecular weight is 290 g/mol. The third kappa shape index (κ3) is 2.80. The Labute approximate surface area is 127 Å². The number of anilines is 1. The van der Waals surface area contributed by atoms with E-state index in [0.717, 1.165) is 23.6 Å². The molecule has 3 rings (SSSR count). The van der Waals surface area contributed by atoms with E-state index in [9.17, 15) is 4.39 Å². The smallest absolute Gasteiger partial charge is 0.126 e. The minimum Gasteiger partial charge on any atom is -0.368 e. The lowest BCUT2D eigenvalue weighted by Crippen LogP contribution is -2.35. The van der Waals surface area contributed by atoms with Gasteiger partial charge in [0.25, 0.3) is 0 Å². The molecule has 2 N–H and O–H groups in total. The highest BCUT2D eigenvalue weighted by molar-refractivity contribution is 5.58. The van der Waals surface area contributed by atoms with E-state index >= 15 is 0 Å². The van der Waals surface area contributed by atoms with Gasteiger partial charge >= 0.3 is 0 Å². The fourth-order valence-electron chi connectivity index (χ4n) is 4.22. The second-order valence-corrected chi connectivity index (χ2v) is 6.90. The molecule has 0 bridgehead atoms. The molecule has 116 valence electrons. The molecule has 0 spiro atoms. The van der Waals surface area contributed by atoms with Crippen LogP contribution in [0.1, 0.15) is 62.6 Å². The summed E-state index contributed by atoms with van der Waals surface area (Å²) in [4.78, 5) is 2.53. The Bertz CT molecular complexity index is 506. The van der Waals surface area contributed by atoms with Crippen molar-refractivity contribution in [1.29, 1.82) is 0 Å². The molecule has 1 aliphatic carbocycles. The van der Waals surface area contributed by atoms with Gasteiger partial charge < -0.3 is 10.6 Å². The van der Waals surface area contributed by atoms with Crippen LogP contribution in [0.3, 0.4) is 0 Å². The number of halogens is 1. The monoisotopic (exact) mass is 290 g/mol. The van der Waals surface area contributed by atoms with Crippen LogP contribution in [-0.2, 0) is 0 Å².